The highest BCUT2D eigenvalue weighted by Gasteiger charge is 2.29. The van der Waals surface area contributed by atoms with E-state index in [-0.39, 0.29) is 18.7 Å². The summed E-state index contributed by atoms with van der Waals surface area (Å²) in [6, 6.07) is 0. The lowest BCUT2D eigenvalue weighted by Gasteiger charge is -2.12. The molecule has 1 aliphatic rings. The summed E-state index contributed by atoms with van der Waals surface area (Å²) in [6.07, 6.45) is 1.32. The van der Waals surface area contributed by atoms with Gasteiger partial charge in [-0.05, 0) is 0 Å². The van der Waals surface area contributed by atoms with Crippen LogP contribution in [0.3, 0.4) is 0 Å². The van der Waals surface area contributed by atoms with Gasteiger partial charge in [0.05, 0.1) is 5.75 Å². The summed E-state index contributed by atoms with van der Waals surface area (Å²) in [7, 11) is -3.06. The van der Waals surface area contributed by atoms with Gasteiger partial charge in [0.15, 0.2) is 0 Å². The van der Waals surface area contributed by atoms with E-state index in [2.05, 4.69) is 0 Å². The van der Waals surface area contributed by atoms with Gasteiger partial charge in [-0.15, -0.1) is 0 Å². The van der Waals surface area contributed by atoms with Gasteiger partial charge in [0.2, 0.25) is 5.78 Å². The molecule has 0 atom stereocenters. The van der Waals surface area contributed by atoms with Crippen molar-refractivity contribution >= 4 is 21.5 Å². The number of carbonyl (C=O) groups excluding carboxylic acids is 2. The molecule has 1 amide bonds. The predicted octanol–water partition coefficient (Wildman–Crippen LogP) is -1.17. The molecule has 1 rings (SSSR count). The minimum absolute atomic E-state index is 0.0774. The van der Waals surface area contributed by atoms with Crippen LogP contribution in [0.1, 0.15) is 6.42 Å². The SMILES string of the molecule is CS(=O)(=O)CCN1CCC(=O)C1=O. The maximum atomic E-state index is 11.0. The molecule has 0 aromatic carbocycles. The van der Waals surface area contributed by atoms with Crippen LogP contribution in [0.25, 0.3) is 0 Å². The molecule has 74 valence electrons. The minimum atomic E-state index is -3.06. The molecule has 0 bridgehead atoms. The summed E-state index contributed by atoms with van der Waals surface area (Å²) in [5.74, 6) is -1.05. The lowest BCUT2D eigenvalue weighted by molar-refractivity contribution is -0.139. The molecule has 0 aromatic heterocycles. The molecule has 13 heavy (non-hydrogen) atoms. The van der Waals surface area contributed by atoms with E-state index in [9.17, 15) is 18.0 Å². The van der Waals surface area contributed by atoms with Gasteiger partial charge >= 0.3 is 0 Å². The lowest BCUT2D eigenvalue weighted by Crippen LogP contribution is -2.31. The molecule has 5 nitrogen and oxygen atoms in total. The number of amides is 1. The largest absolute Gasteiger partial charge is 0.335 e. The zero-order valence-corrected chi connectivity index (χ0v) is 8.13. The summed E-state index contributed by atoms with van der Waals surface area (Å²) in [5.41, 5.74) is 0. The van der Waals surface area contributed by atoms with E-state index >= 15 is 0 Å². The van der Waals surface area contributed by atoms with Crippen molar-refractivity contribution < 1.29 is 18.0 Å². The van der Waals surface area contributed by atoms with Crippen LogP contribution in [-0.2, 0) is 19.4 Å². The van der Waals surface area contributed by atoms with Crippen LogP contribution in [0.4, 0.5) is 0 Å². The molecule has 0 radical (unpaired) electrons. The van der Waals surface area contributed by atoms with Crippen LogP contribution >= 0.6 is 0 Å². The molecule has 0 spiro atoms. The van der Waals surface area contributed by atoms with Gasteiger partial charge in [0.1, 0.15) is 9.84 Å². The van der Waals surface area contributed by atoms with Crippen LogP contribution in [0.5, 0.6) is 0 Å². The molecule has 0 aliphatic carbocycles. The number of nitrogens with zero attached hydrogens (tertiary/aromatic N) is 1. The Labute approximate surface area is 76.6 Å². The lowest BCUT2D eigenvalue weighted by atomic mass is 10.3. The molecule has 1 fully saturated rings. The first-order valence-electron chi connectivity index (χ1n) is 3.90. The van der Waals surface area contributed by atoms with Crippen molar-refractivity contribution in [2.45, 2.75) is 6.42 Å². The Bertz CT molecular complexity index is 332. The van der Waals surface area contributed by atoms with E-state index in [1.54, 1.807) is 0 Å². The smallest absolute Gasteiger partial charge is 0.290 e. The Morgan fingerprint density at radius 3 is 2.38 bits per heavy atom. The van der Waals surface area contributed by atoms with Crippen molar-refractivity contribution in [2.24, 2.45) is 0 Å². The number of carbonyl (C=O) groups is 2. The Morgan fingerprint density at radius 1 is 1.38 bits per heavy atom. The molecular formula is C7H11NO4S. The average molecular weight is 205 g/mol. The summed E-state index contributed by atoms with van der Waals surface area (Å²) in [5, 5.41) is 0. The summed E-state index contributed by atoms with van der Waals surface area (Å²) >= 11 is 0. The van der Waals surface area contributed by atoms with Gasteiger partial charge < -0.3 is 4.90 Å². The third kappa shape index (κ3) is 2.80. The van der Waals surface area contributed by atoms with Crippen LogP contribution < -0.4 is 0 Å². The number of Topliss-reactive ketones (excluding diaryl/α,β-unsaturated/α-hetero) is 1. The second-order valence-corrected chi connectivity index (χ2v) is 5.36. The number of ketones is 1. The highest BCUT2D eigenvalue weighted by molar-refractivity contribution is 7.90. The van der Waals surface area contributed by atoms with Crippen molar-refractivity contribution in [2.75, 3.05) is 25.1 Å². The fraction of sp³-hybridized carbons (Fsp3) is 0.714. The number of likely N-dealkylation sites (tertiary alicyclic amines) is 1. The molecular weight excluding hydrogens is 194 g/mol. The van der Waals surface area contributed by atoms with Crippen molar-refractivity contribution in [3.8, 4) is 0 Å². The first-order chi connectivity index (χ1) is 5.90. The Kier molecular flexibility index (Phi) is 2.70. The Hall–Kier alpha value is -0.910. The van der Waals surface area contributed by atoms with Gasteiger partial charge in [0.25, 0.3) is 5.91 Å². The van der Waals surface area contributed by atoms with E-state index < -0.39 is 21.5 Å². The molecule has 1 aliphatic heterocycles. The summed E-state index contributed by atoms with van der Waals surface area (Å²) in [6.45, 7) is 0.483. The van der Waals surface area contributed by atoms with E-state index in [4.69, 9.17) is 0 Å². The van der Waals surface area contributed by atoms with Crippen LogP contribution in [0.2, 0.25) is 0 Å². The van der Waals surface area contributed by atoms with E-state index in [0.717, 1.165) is 6.26 Å². The normalized spacial score (nSPS) is 18.4. The zero-order valence-electron chi connectivity index (χ0n) is 7.32. The number of rotatable bonds is 3. The van der Waals surface area contributed by atoms with Gasteiger partial charge in [-0.1, -0.05) is 0 Å². The second-order valence-electron chi connectivity index (χ2n) is 3.10. The third-order valence-corrected chi connectivity index (χ3v) is 2.79. The maximum Gasteiger partial charge on any atom is 0.290 e. The van der Waals surface area contributed by atoms with Crippen molar-refractivity contribution in [3.63, 3.8) is 0 Å². The molecule has 0 aromatic rings. The maximum absolute atomic E-state index is 11.0. The summed E-state index contributed by atoms with van der Waals surface area (Å²) < 4.78 is 21.5. The zero-order chi connectivity index (χ0) is 10.1. The summed E-state index contributed by atoms with van der Waals surface area (Å²) in [4.78, 5) is 23.1. The van der Waals surface area contributed by atoms with E-state index in [0.29, 0.717) is 6.54 Å². The fourth-order valence-electron chi connectivity index (χ4n) is 1.11. The topological polar surface area (TPSA) is 71.5 Å². The standard InChI is InChI=1S/C7H11NO4S/c1-13(11,12)5-4-8-3-2-6(9)7(8)10/h2-5H2,1H3. The number of sulfone groups is 1. The highest BCUT2D eigenvalue weighted by Crippen LogP contribution is 2.05. The highest BCUT2D eigenvalue weighted by atomic mass is 32.2. The van der Waals surface area contributed by atoms with Gasteiger partial charge in [-0.2, -0.15) is 0 Å². The van der Waals surface area contributed by atoms with Crippen molar-refractivity contribution in [1.82, 2.24) is 4.90 Å². The van der Waals surface area contributed by atoms with E-state index in [1.165, 1.54) is 4.90 Å². The van der Waals surface area contributed by atoms with Crippen LogP contribution in [0.15, 0.2) is 0 Å². The number of hydrogen-bond acceptors (Lipinski definition) is 4. The molecule has 6 heteroatoms. The Morgan fingerprint density at radius 2 is 2.00 bits per heavy atom. The molecule has 1 saturated heterocycles. The second kappa shape index (κ2) is 3.45. The minimum Gasteiger partial charge on any atom is -0.335 e. The van der Waals surface area contributed by atoms with Gasteiger partial charge in [0, 0.05) is 25.8 Å². The van der Waals surface area contributed by atoms with E-state index in [1.807, 2.05) is 0 Å². The van der Waals surface area contributed by atoms with Crippen LogP contribution in [0, 0.1) is 0 Å². The molecule has 0 saturated carbocycles. The van der Waals surface area contributed by atoms with Crippen molar-refractivity contribution in [1.29, 1.82) is 0 Å². The van der Waals surface area contributed by atoms with Gasteiger partial charge in [-0.3, -0.25) is 9.59 Å². The van der Waals surface area contributed by atoms with Crippen LogP contribution in [-0.4, -0.2) is 50.1 Å². The predicted molar refractivity (Wildman–Crippen MR) is 45.9 cm³/mol. The molecule has 1 heterocycles. The quantitative estimate of drug-likeness (QED) is 0.544. The first kappa shape index (κ1) is 10.2. The van der Waals surface area contributed by atoms with Crippen molar-refractivity contribution in [3.05, 3.63) is 0 Å². The first-order valence-corrected chi connectivity index (χ1v) is 5.96. The van der Waals surface area contributed by atoms with Gasteiger partial charge in [-0.25, -0.2) is 8.42 Å². The average Bonchev–Trinajstić information content (AvgIpc) is 2.29. The molecule has 0 unspecified atom stereocenters. The monoisotopic (exact) mass is 205 g/mol. The Balaban J connectivity index is 2.48. The third-order valence-electron chi connectivity index (χ3n) is 1.87. The molecule has 0 N–H and O–H groups in total. The fourth-order valence-corrected chi connectivity index (χ4v) is 1.66. The number of hydrogen-bond donors (Lipinski definition) is 0.